The van der Waals surface area contributed by atoms with Gasteiger partial charge in [-0.2, -0.15) is 0 Å². The van der Waals surface area contributed by atoms with Crippen molar-refractivity contribution in [3.05, 3.63) is 42.0 Å². The van der Waals surface area contributed by atoms with E-state index >= 15 is 0 Å². The first-order valence-electron chi connectivity index (χ1n) is 10.4. The van der Waals surface area contributed by atoms with Crippen LogP contribution in [-0.2, 0) is 20.7 Å². The molecule has 0 bridgehead atoms. The molecule has 0 saturated heterocycles. The minimum atomic E-state index is -1.08. The SMILES string of the molecule is CNC(=O)Oc1cc(N(C(=O)NCCc2ccc(O)c(O)c2)C(C)C(=O)OC)ccc1OC(C)=O. The number of urea groups is 1. The maximum atomic E-state index is 13.1. The Labute approximate surface area is 201 Å². The molecule has 0 aromatic heterocycles. The predicted molar refractivity (Wildman–Crippen MR) is 124 cm³/mol. The molecule has 35 heavy (non-hydrogen) atoms. The summed E-state index contributed by atoms with van der Waals surface area (Å²) in [6, 6.07) is 6.53. The number of amides is 3. The lowest BCUT2D eigenvalue weighted by Crippen LogP contribution is -2.49. The molecule has 188 valence electrons. The number of nitrogens with zero attached hydrogens (tertiary/aromatic N) is 1. The largest absolute Gasteiger partial charge is 0.504 e. The van der Waals surface area contributed by atoms with Gasteiger partial charge in [0.05, 0.1) is 12.8 Å². The Morgan fingerprint density at radius 1 is 1.00 bits per heavy atom. The number of esters is 2. The number of phenols is 2. The minimum Gasteiger partial charge on any atom is -0.504 e. The summed E-state index contributed by atoms with van der Waals surface area (Å²) in [7, 11) is 2.51. The number of carbonyl (C=O) groups is 4. The van der Waals surface area contributed by atoms with Crippen molar-refractivity contribution in [2.45, 2.75) is 26.3 Å². The van der Waals surface area contributed by atoms with Crippen LogP contribution in [-0.4, -0.2) is 61.0 Å². The highest BCUT2D eigenvalue weighted by atomic mass is 16.6. The number of phenolic OH excluding ortho intramolecular Hbond substituents is 2. The Kier molecular flexibility index (Phi) is 9.27. The molecule has 1 unspecified atom stereocenters. The maximum Gasteiger partial charge on any atom is 0.412 e. The average molecular weight is 489 g/mol. The number of methoxy groups -OCH3 is 1. The Bertz CT molecular complexity index is 1100. The summed E-state index contributed by atoms with van der Waals surface area (Å²) < 4.78 is 15.0. The van der Waals surface area contributed by atoms with Gasteiger partial charge in [0.25, 0.3) is 0 Å². The van der Waals surface area contributed by atoms with E-state index in [1.54, 1.807) is 6.07 Å². The second kappa shape index (κ2) is 12.1. The van der Waals surface area contributed by atoms with Crippen LogP contribution in [0.4, 0.5) is 15.3 Å². The second-order valence-corrected chi connectivity index (χ2v) is 7.24. The Balaban J connectivity index is 2.32. The maximum absolute atomic E-state index is 13.1. The van der Waals surface area contributed by atoms with Crippen molar-refractivity contribution in [3.8, 4) is 23.0 Å². The molecule has 0 aliphatic rings. The van der Waals surface area contributed by atoms with Crippen molar-refractivity contribution in [1.29, 1.82) is 0 Å². The van der Waals surface area contributed by atoms with Crippen LogP contribution in [0, 0.1) is 0 Å². The molecule has 0 heterocycles. The van der Waals surface area contributed by atoms with Crippen molar-refractivity contribution < 1.29 is 43.6 Å². The van der Waals surface area contributed by atoms with Crippen LogP contribution in [0.3, 0.4) is 0 Å². The van der Waals surface area contributed by atoms with E-state index in [-0.39, 0.29) is 35.2 Å². The molecule has 2 aromatic rings. The van der Waals surface area contributed by atoms with E-state index in [1.165, 1.54) is 58.3 Å². The van der Waals surface area contributed by atoms with Gasteiger partial charge in [-0.1, -0.05) is 6.07 Å². The van der Waals surface area contributed by atoms with Gasteiger partial charge in [-0.05, 0) is 43.2 Å². The van der Waals surface area contributed by atoms with Crippen LogP contribution in [0.25, 0.3) is 0 Å². The number of hydrogen-bond acceptors (Lipinski definition) is 9. The molecule has 0 saturated carbocycles. The number of anilines is 1. The van der Waals surface area contributed by atoms with Crippen LogP contribution in [0.2, 0.25) is 0 Å². The molecule has 0 fully saturated rings. The molecule has 0 aliphatic heterocycles. The van der Waals surface area contributed by atoms with Crippen molar-refractivity contribution in [1.82, 2.24) is 10.6 Å². The second-order valence-electron chi connectivity index (χ2n) is 7.24. The van der Waals surface area contributed by atoms with Crippen LogP contribution < -0.4 is 25.0 Å². The number of benzene rings is 2. The zero-order chi connectivity index (χ0) is 26.1. The fourth-order valence-corrected chi connectivity index (χ4v) is 3.03. The van der Waals surface area contributed by atoms with E-state index in [2.05, 4.69) is 10.6 Å². The fraction of sp³-hybridized carbons (Fsp3) is 0.304. The Morgan fingerprint density at radius 2 is 1.71 bits per heavy atom. The monoisotopic (exact) mass is 489 g/mol. The summed E-state index contributed by atoms with van der Waals surface area (Å²) in [4.78, 5) is 49.6. The third-order valence-electron chi connectivity index (χ3n) is 4.74. The number of nitrogens with one attached hydrogen (secondary N) is 2. The molecule has 3 amide bonds. The van der Waals surface area contributed by atoms with Crippen molar-refractivity contribution in [2.24, 2.45) is 0 Å². The van der Waals surface area contributed by atoms with Crippen molar-refractivity contribution >= 4 is 29.8 Å². The van der Waals surface area contributed by atoms with E-state index in [1.807, 2.05) is 0 Å². The van der Waals surface area contributed by atoms with Gasteiger partial charge < -0.3 is 35.1 Å². The predicted octanol–water partition coefficient (Wildman–Crippen LogP) is 2.06. The van der Waals surface area contributed by atoms with Crippen LogP contribution >= 0.6 is 0 Å². The van der Waals surface area contributed by atoms with Crippen LogP contribution in [0.1, 0.15) is 19.4 Å². The third kappa shape index (κ3) is 7.25. The van der Waals surface area contributed by atoms with Crippen molar-refractivity contribution in [2.75, 3.05) is 25.6 Å². The summed E-state index contributed by atoms with van der Waals surface area (Å²) in [5.74, 6) is -2.14. The molecule has 1 atom stereocenters. The van der Waals surface area contributed by atoms with Gasteiger partial charge in [0, 0.05) is 26.6 Å². The standard InChI is InChI=1S/C23H27N3O9/c1-13(21(30)33-4)26(22(31)25-10-9-15-5-7-17(28)18(29)11-15)16-6-8-19(34-14(2)27)20(12-16)35-23(32)24-3/h5-8,11-13,28-29H,9-10H2,1-4H3,(H,24,32)(H,25,31). The first-order valence-corrected chi connectivity index (χ1v) is 10.4. The molecule has 4 N–H and O–H groups in total. The summed E-state index contributed by atoms with van der Waals surface area (Å²) >= 11 is 0. The van der Waals surface area contributed by atoms with E-state index < -0.39 is 30.1 Å². The van der Waals surface area contributed by atoms with E-state index in [0.29, 0.717) is 12.0 Å². The topological polar surface area (TPSA) is 164 Å². The fourth-order valence-electron chi connectivity index (χ4n) is 3.03. The smallest absolute Gasteiger partial charge is 0.412 e. The summed E-state index contributed by atoms with van der Waals surface area (Å²) in [5.41, 5.74) is 0.803. The summed E-state index contributed by atoms with van der Waals surface area (Å²) in [6.07, 6.45) is -0.527. The number of ether oxygens (including phenoxy) is 3. The highest BCUT2D eigenvalue weighted by Crippen LogP contribution is 2.33. The highest BCUT2D eigenvalue weighted by molar-refractivity contribution is 5.98. The number of hydrogen-bond donors (Lipinski definition) is 4. The number of carbonyl (C=O) groups excluding carboxylic acids is 4. The number of aromatic hydroxyl groups is 2. The molecular weight excluding hydrogens is 462 g/mol. The van der Waals surface area contributed by atoms with Gasteiger partial charge in [0.1, 0.15) is 6.04 Å². The highest BCUT2D eigenvalue weighted by Gasteiger charge is 2.29. The van der Waals surface area contributed by atoms with E-state index in [4.69, 9.17) is 14.2 Å². The van der Waals surface area contributed by atoms with Gasteiger partial charge in [-0.3, -0.25) is 9.69 Å². The summed E-state index contributed by atoms with van der Waals surface area (Å²) in [5, 5.41) is 24.0. The van der Waals surface area contributed by atoms with Gasteiger partial charge in [0.2, 0.25) is 0 Å². The molecule has 2 aromatic carbocycles. The van der Waals surface area contributed by atoms with Gasteiger partial charge in [-0.15, -0.1) is 0 Å². The molecule has 2 rings (SSSR count). The lowest BCUT2D eigenvalue weighted by atomic mass is 10.1. The van der Waals surface area contributed by atoms with E-state index in [9.17, 15) is 29.4 Å². The van der Waals surface area contributed by atoms with Crippen LogP contribution in [0.15, 0.2) is 36.4 Å². The molecule has 0 radical (unpaired) electrons. The zero-order valence-corrected chi connectivity index (χ0v) is 19.7. The van der Waals surface area contributed by atoms with Crippen molar-refractivity contribution in [3.63, 3.8) is 0 Å². The Hall–Kier alpha value is -4.48. The lowest BCUT2D eigenvalue weighted by Gasteiger charge is -2.28. The lowest BCUT2D eigenvalue weighted by molar-refractivity contribution is -0.141. The van der Waals surface area contributed by atoms with Gasteiger partial charge >= 0.3 is 24.1 Å². The van der Waals surface area contributed by atoms with E-state index in [0.717, 1.165) is 4.90 Å². The van der Waals surface area contributed by atoms with Crippen LogP contribution in [0.5, 0.6) is 23.0 Å². The number of rotatable bonds is 8. The molecular formula is C23H27N3O9. The zero-order valence-electron chi connectivity index (χ0n) is 19.7. The molecule has 12 nitrogen and oxygen atoms in total. The first-order chi connectivity index (χ1) is 16.6. The normalized spacial score (nSPS) is 11.1. The third-order valence-corrected chi connectivity index (χ3v) is 4.74. The average Bonchev–Trinajstić information content (AvgIpc) is 2.82. The minimum absolute atomic E-state index is 0.0666. The molecule has 0 spiro atoms. The molecule has 12 heteroatoms. The van der Waals surface area contributed by atoms with Gasteiger partial charge in [-0.25, -0.2) is 14.4 Å². The quantitative estimate of drug-likeness (QED) is 0.247. The summed E-state index contributed by atoms with van der Waals surface area (Å²) in [6.45, 7) is 2.74. The van der Waals surface area contributed by atoms with Gasteiger partial charge in [0.15, 0.2) is 23.0 Å². The first kappa shape index (κ1) is 26.8. The molecule has 0 aliphatic carbocycles. The Morgan fingerprint density at radius 3 is 2.31 bits per heavy atom.